The molecule has 0 amide bonds. The van der Waals surface area contributed by atoms with Gasteiger partial charge < -0.3 is 5.11 Å². The highest BCUT2D eigenvalue weighted by atomic mass is 19.1. The first-order chi connectivity index (χ1) is 9.75. The molecule has 6 nitrogen and oxygen atoms in total. The molecule has 0 fully saturated rings. The Bertz CT molecular complexity index is 713. The van der Waals surface area contributed by atoms with E-state index in [-0.39, 0.29) is 18.8 Å². The zero-order chi connectivity index (χ0) is 15.8. The third kappa shape index (κ3) is 2.87. The summed E-state index contributed by atoms with van der Waals surface area (Å²) in [4.78, 5) is 12.0. The minimum Gasteiger partial charge on any atom is -0.396 e. The summed E-state index contributed by atoms with van der Waals surface area (Å²) in [5.74, 6) is -0.355. The zero-order valence-corrected chi connectivity index (χ0v) is 12.6. The molecule has 0 radical (unpaired) electrons. The Kier molecular flexibility index (Phi) is 3.95. The third-order valence-electron chi connectivity index (χ3n) is 3.31. The van der Waals surface area contributed by atoms with Crippen LogP contribution in [-0.4, -0.2) is 31.5 Å². The monoisotopic (exact) mass is 294 g/mol. The molecule has 1 heterocycles. The second kappa shape index (κ2) is 5.40. The lowest BCUT2D eigenvalue weighted by Gasteiger charge is -2.22. The van der Waals surface area contributed by atoms with Crippen molar-refractivity contribution in [2.45, 2.75) is 32.6 Å². The van der Waals surface area contributed by atoms with Crippen LogP contribution >= 0.6 is 0 Å². The van der Waals surface area contributed by atoms with Crippen molar-refractivity contribution >= 4 is 0 Å². The average molecular weight is 294 g/mol. The van der Waals surface area contributed by atoms with E-state index in [1.54, 1.807) is 6.07 Å². The minimum absolute atomic E-state index is 0.143. The molecule has 1 N–H and O–H groups in total. The fourth-order valence-electron chi connectivity index (χ4n) is 2.16. The smallest absolute Gasteiger partial charge is 0.368 e. The number of nitrogens with zero attached hydrogens (tertiary/aromatic N) is 4. The maximum Gasteiger partial charge on any atom is 0.368 e. The van der Waals surface area contributed by atoms with Crippen molar-refractivity contribution in [3.05, 3.63) is 39.6 Å². The molecule has 114 valence electrons. The van der Waals surface area contributed by atoms with E-state index in [4.69, 9.17) is 5.11 Å². The van der Waals surface area contributed by atoms with Gasteiger partial charge in [-0.05, 0) is 45.5 Å². The van der Waals surface area contributed by atoms with Gasteiger partial charge in [-0.3, -0.25) is 0 Å². The maximum absolute atomic E-state index is 14.3. The van der Waals surface area contributed by atoms with E-state index in [2.05, 4.69) is 10.4 Å². The van der Waals surface area contributed by atoms with Gasteiger partial charge in [0.2, 0.25) is 0 Å². The number of halogens is 1. The topological polar surface area (TPSA) is 72.9 Å². The summed E-state index contributed by atoms with van der Waals surface area (Å²) in [6.07, 6.45) is 0.236. The van der Waals surface area contributed by atoms with Gasteiger partial charge in [0.25, 0.3) is 0 Å². The Morgan fingerprint density at radius 2 is 1.95 bits per heavy atom. The van der Waals surface area contributed by atoms with Crippen LogP contribution in [0.4, 0.5) is 4.39 Å². The van der Waals surface area contributed by atoms with E-state index in [1.165, 1.54) is 13.1 Å². The number of aromatic nitrogens is 4. The molecule has 0 saturated carbocycles. The molecule has 2 rings (SSSR count). The SMILES string of the molecule is Cn1nnn(-c2cc(C(C)(C)C)c(F)cc2CCO)c1=O. The second-order valence-electron chi connectivity index (χ2n) is 5.98. The van der Waals surface area contributed by atoms with E-state index < -0.39 is 11.1 Å². The molecule has 1 aromatic heterocycles. The predicted octanol–water partition coefficient (Wildman–Crippen LogP) is 0.937. The Morgan fingerprint density at radius 1 is 1.29 bits per heavy atom. The summed E-state index contributed by atoms with van der Waals surface area (Å²) in [6, 6.07) is 2.96. The van der Waals surface area contributed by atoms with Crippen molar-refractivity contribution < 1.29 is 9.50 Å². The van der Waals surface area contributed by atoms with Crippen LogP contribution in [0.3, 0.4) is 0 Å². The third-order valence-corrected chi connectivity index (χ3v) is 3.31. The van der Waals surface area contributed by atoms with Gasteiger partial charge in [0.05, 0.1) is 5.69 Å². The summed E-state index contributed by atoms with van der Waals surface area (Å²) < 4.78 is 16.5. The standard InChI is InChI=1S/C14H19FN4O2/c1-14(2,3)10-8-12(9(5-6-20)7-11(10)15)19-13(21)18(4)16-17-19/h7-8,20H,5-6H2,1-4H3. The Hall–Kier alpha value is -2.02. The largest absolute Gasteiger partial charge is 0.396 e. The number of tetrazole rings is 1. The number of hydrogen-bond donors (Lipinski definition) is 1. The zero-order valence-electron chi connectivity index (χ0n) is 12.6. The number of benzene rings is 1. The molecule has 7 heteroatoms. The van der Waals surface area contributed by atoms with Crippen molar-refractivity contribution in [1.82, 2.24) is 19.8 Å². The Labute approximate surface area is 121 Å². The van der Waals surface area contributed by atoms with Gasteiger partial charge >= 0.3 is 5.69 Å². The normalized spacial score (nSPS) is 11.9. The van der Waals surface area contributed by atoms with Gasteiger partial charge in [-0.1, -0.05) is 20.8 Å². The molecule has 0 saturated heterocycles. The predicted molar refractivity (Wildman–Crippen MR) is 76.0 cm³/mol. The lowest BCUT2D eigenvalue weighted by atomic mass is 9.85. The fourth-order valence-corrected chi connectivity index (χ4v) is 2.16. The van der Waals surface area contributed by atoms with E-state index in [9.17, 15) is 9.18 Å². The number of aliphatic hydroxyl groups is 1. The molecule has 0 bridgehead atoms. The lowest BCUT2D eigenvalue weighted by molar-refractivity contribution is 0.299. The van der Waals surface area contributed by atoms with Gasteiger partial charge in [-0.25, -0.2) is 9.18 Å². The van der Waals surface area contributed by atoms with E-state index in [0.717, 1.165) is 9.36 Å². The number of hydrogen-bond acceptors (Lipinski definition) is 4. The van der Waals surface area contributed by atoms with Crippen molar-refractivity contribution in [3.8, 4) is 5.69 Å². The van der Waals surface area contributed by atoms with E-state index >= 15 is 0 Å². The first-order valence-electron chi connectivity index (χ1n) is 6.69. The van der Waals surface area contributed by atoms with Crippen LogP contribution in [0.1, 0.15) is 31.9 Å². The number of rotatable bonds is 3. The van der Waals surface area contributed by atoms with Gasteiger partial charge in [0.15, 0.2) is 0 Å². The van der Waals surface area contributed by atoms with Crippen LogP contribution < -0.4 is 5.69 Å². The molecule has 21 heavy (non-hydrogen) atoms. The molecule has 0 unspecified atom stereocenters. The van der Waals surface area contributed by atoms with Crippen molar-refractivity contribution in [3.63, 3.8) is 0 Å². The van der Waals surface area contributed by atoms with Crippen molar-refractivity contribution in [1.29, 1.82) is 0 Å². The molecule has 0 spiro atoms. The highest BCUT2D eigenvalue weighted by Gasteiger charge is 2.22. The summed E-state index contributed by atoms with van der Waals surface area (Å²) in [5.41, 5.74) is 0.624. The highest BCUT2D eigenvalue weighted by Crippen LogP contribution is 2.29. The molecule has 0 aliphatic rings. The first kappa shape index (κ1) is 15.4. The molecule has 0 aliphatic heterocycles. The summed E-state index contributed by atoms with van der Waals surface area (Å²) in [5, 5.41) is 16.6. The highest BCUT2D eigenvalue weighted by molar-refractivity contribution is 5.46. The van der Waals surface area contributed by atoms with Gasteiger partial charge in [0.1, 0.15) is 5.82 Å². The molecule has 0 atom stereocenters. The van der Waals surface area contributed by atoms with Crippen LogP contribution in [0.5, 0.6) is 0 Å². The van der Waals surface area contributed by atoms with E-state index in [1.807, 2.05) is 20.8 Å². The Balaban J connectivity index is 2.72. The summed E-state index contributed by atoms with van der Waals surface area (Å²) >= 11 is 0. The van der Waals surface area contributed by atoms with Gasteiger partial charge in [-0.2, -0.15) is 9.36 Å². The Morgan fingerprint density at radius 3 is 2.43 bits per heavy atom. The van der Waals surface area contributed by atoms with Crippen LogP contribution in [0.15, 0.2) is 16.9 Å². The lowest BCUT2D eigenvalue weighted by Crippen LogP contribution is -2.24. The van der Waals surface area contributed by atoms with Crippen LogP contribution in [0.2, 0.25) is 0 Å². The molecular formula is C14H19FN4O2. The van der Waals surface area contributed by atoms with Crippen LogP contribution in [-0.2, 0) is 18.9 Å². The molecular weight excluding hydrogens is 275 g/mol. The molecule has 1 aromatic carbocycles. The van der Waals surface area contributed by atoms with Crippen molar-refractivity contribution in [2.24, 2.45) is 7.05 Å². The number of aliphatic hydroxyl groups excluding tert-OH is 1. The average Bonchev–Trinajstić information content (AvgIpc) is 2.69. The summed E-state index contributed by atoms with van der Waals surface area (Å²) in [7, 11) is 1.49. The summed E-state index contributed by atoms with van der Waals surface area (Å²) in [6.45, 7) is 5.53. The molecule has 0 aliphatic carbocycles. The van der Waals surface area contributed by atoms with Crippen LogP contribution in [0.25, 0.3) is 5.69 Å². The van der Waals surface area contributed by atoms with Gasteiger partial charge in [-0.15, -0.1) is 0 Å². The van der Waals surface area contributed by atoms with Crippen molar-refractivity contribution in [2.75, 3.05) is 6.61 Å². The second-order valence-corrected chi connectivity index (χ2v) is 5.98. The number of aryl methyl sites for hydroxylation is 1. The first-order valence-corrected chi connectivity index (χ1v) is 6.69. The van der Waals surface area contributed by atoms with E-state index in [0.29, 0.717) is 16.8 Å². The van der Waals surface area contributed by atoms with Gasteiger partial charge in [0, 0.05) is 13.7 Å². The van der Waals surface area contributed by atoms with Crippen LogP contribution in [0, 0.1) is 5.82 Å². The molecule has 2 aromatic rings. The quantitative estimate of drug-likeness (QED) is 0.914. The minimum atomic E-state index is -0.416. The maximum atomic E-state index is 14.3. The fraction of sp³-hybridized carbons (Fsp3) is 0.500.